The number of aromatic nitrogens is 4. The predicted octanol–water partition coefficient (Wildman–Crippen LogP) is 1.90. The van der Waals surface area contributed by atoms with Gasteiger partial charge in [-0.05, 0) is 49.2 Å². The molecule has 2 heterocycles. The number of tetrazole rings is 1. The molecule has 1 aromatic carbocycles. The highest BCUT2D eigenvalue weighted by Gasteiger charge is 2.54. The highest BCUT2D eigenvalue weighted by atomic mass is 32.2. The van der Waals surface area contributed by atoms with Gasteiger partial charge in [0.05, 0.1) is 17.0 Å². The van der Waals surface area contributed by atoms with E-state index in [1.54, 1.807) is 24.3 Å². The maximum absolute atomic E-state index is 13.0. The zero-order chi connectivity index (χ0) is 18.4. The normalized spacial score (nSPS) is 24.3. The lowest BCUT2D eigenvalue weighted by atomic mass is 10.0. The Hall–Kier alpha value is -1.84. The molecule has 9 heteroatoms. The van der Waals surface area contributed by atoms with Gasteiger partial charge in [-0.3, -0.25) is 0 Å². The molecule has 1 aliphatic heterocycles. The van der Waals surface area contributed by atoms with Gasteiger partial charge in [0.15, 0.2) is 5.79 Å². The molecule has 0 unspecified atom stereocenters. The molecule has 2 aliphatic rings. The number of ether oxygens (including phenoxy) is 2. The summed E-state index contributed by atoms with van der Waals surface area (Å²) in [4.78, 5) is 0. The minimum atomic E-state index is -3.77. The van der Waals surface area contributed by atoms with E-state index in [1.807, 2.05) is 19.9 Å². The molecule has 2 aromatic rings. The van der Waals surface area contributed by atoms with Crippen LogP contribution in [0.5, 0.6) is 0 Å². The van der Waals surface area contributed by atoms with Crippen LogP contribution in [0.2, 0.25) is 0 Å². The van der Waals surface area contributed by atoms with Crippen molar-refractivity contribution in [2.75, 3.05) is 5.75 Å². The summed E-state index contributed by atoms with van der Waals surface area (Å²) in [7, 11) is -3.77. The van der Waals surface area contributed by atoms with Gasteiger partial charge in [-0.2, -0.15) is 4.68 Å². The van der Waals surface area contributed by atoms with E-state index in [0.717, 1.165) is 25.7 Å². The van der Waals surface area contributed by atoms with Gasteiger partial charge < -0.3 is 9.47 Å². The van der Waals surface area contributed by atoms with Gasteiger partial charge in [-0.15, -0.1) is 0 Å². The van der Waals surface area contributed by atoms with Gasteiger partial charge in [0.2, 0.25) is 9.84 Å². The molecule has 1 aromatic heterocycles. The fraction of sp³-hybridized carbons (Fsp3) is 0.588. The van der Waals surface area contributed by atoms with Crippen molar-refractivity contribution in [3.05, 3.63) is 30.3 Å². The first-order valence-corrected chi connectivity index (χ1v) is 10.4. The highest BCUT2D eigenvalue weighted by molar-refractivity contribution is 7.91. The Kier molecular flexibility index (Phi) is 4.13. The third kappa shape index (κ3) is 3.04. The minimum Gasteiger partial charge on any atom is -0.343 e. The third-order valence-electron chi connectivity index (χ3n) is 5.04. The van der Waals surface area contributed by atoms with Crippen LogP contribution in [0.4, 0.5) is 0 Å². The summed E-state index contributed by atoms with van der Waals surface area (Å²) in [5, 5.41) is 11.0. The van der Waals surface area contributed by atoms with Crippen molar-refractivity contribution in [3.63, 3.8) is 0 Å². The predicted molar refractivity (Wildman–Crippen MR) is 92.4 cm³/mol. The number of benzene rings is 1. The molecule has 140 valence electrons. The van der Waals surface area contributed by atoms with Crippen LogP contribution in [0.1, 0.15) is 39.5 Å². The SMILES string of the molecule is CC1(C)OC2(CCCC2)O[C@@H]1CS(=O)(=O)c1nnnn1-c1ccccc1. The molecule has 1 spiro atoms. The molecule has 1 atom stereocenters. The second-order valence-electron chi connectivity index (χ2n) is 7.42. The molecule has 0 N–H and O–H groups in total. The molecule has 1 saturated heterocycles. The first kappa shape index (κ1) is 17.6. The van der Waals surface area contributed by atoms with Crippen molar-refractivity contribution in [3.8, 4) is 5.69 Å². The van der Waals surface area contributed by atoms with Crippen LogP contribution < -0.4 is 0 Å². The minimum absolute atomic E-state index is 0.185. The fourth-order valence-electron chi connectivity index (χ4n) is 3.72. The molecule has 1 aliphatic carbocycles. The molecule has 0 bridgehead atoms. The summed E-state index contributed by atoms with van der Waals surface area (Å²) in [5.41, 5.74) is -0.103. The Morgan fingerprint density at radius 2 is 1.88 bits per heavy atom. The maximum atomic E-state index is 13.0. The van der Waals surface area contributed by atoms with Gasteiger partial charge in [-0.25, -0.2) is 8.42 Å². The van der Waals surface area contributed by atoms with E-state index in [9.17, 15) is 8.42 Å². The molecular weight excluding hydrogens is 356 g/mol. The lowest BCUT2D eigenvalue weighted by Gasteiger charge is -2.24. The summed E-state index contributed by atoms with van der Waals surface area (Å²) in [6, 6.07) is 8.95. The second kappa shape index (κ2) is 6.11. The highest BCUT2D eigenvalue weighted by Crippen LogP contribution is 2.46. The van der Waals surface area contributed by atoms with Gasteiger partial charge in [0, 0.05) is 12.8 Å². The average molecular weight is 378 g/mol. The Bertz CT molecular complexity index is 888. The van der Waals surface area contributed by atoms with Crippen LogP contribution in [0, 0.1) is 0 Å². The van der Waals surface area contributed by atoms with Crippen molar-refractivity contribution in [1.82, 2.24) is 20.2 Å². The molecule has 4 rings (SSSR count). The van der Waals surface area contributed by atoms with Crippen LogP contribution >= 0.6 is 0 Å². The number of rotatable bonds is 4. The zero-order valence-electron chi connectivity index (χ0n) is 14.8. The molecular formula is C17H22N4O4S. The van der Waals surface area contributed by atoms with Gasteiger partial charge >= 0.3 is 0 Å². The zero-order valence-corrected chi connectivity index (χ0v) is 15.6. The Morgan fingerprint density at radius 1 is 1.19 bits per heavy atom. The Labute approximate surface area is 152 Å². The number of hydrogen-bond donors (Lipinski definition) is 0. The van der Waals surface area contributed by atoms with E-state index in [4.69, 9.17) is 9.47 Å². The van der Waals surface area contributed by atoms with E-state index in [-0.39, 0.29) is 10.9 Å². The third-order valence-corrected chi connectivity index (χ3v) is 6.59. The number of nitrogens with zero attached hydrogens (tertiary/aromatic N) is 4. The quantitative estimate of drug-likeness (QED) is 0.801. The summed E-state index contributed by atoms with van der Waals surface area (Å²) >= 11 is 0. The molecule has 26 heavy (non-hydrogen) atoms. The lowest BCUT2D eigenvalue weighted by Crippen LogP contribution is -2.38. The van der Waals surface area contributed by atoms with Crippen molar-refractivity contribution in [2.45, 2.75) is 62.2 Å². The van der Waals surface area contributed by atoms with Crippen molar-refractivity contribution >= 4 is 9.84 Å². The van der Waals surface area contributed by atoms with Gasteiger partial charge in [-0.1, -0.05) is 23.3 Å². The summed E-state index contributed by atoms with van der Waals surface area (Å²) in [6.07, 6.45) is 3.08. The summed E-state index contributed by atoms with van der Waals surface area (Å²) in [5.74, 6) is -0.871. The lowest BCUT2D eigenvalue weighted by molar-refractivity contribution is -0.178. The molecule has 2 fully saturated rings. The van der Waals surface area contributed by atoms with Crippen LogP contribution in [0.3, 0.4) is 0 Å². The molecule has 0 amide bonds. The average Bonchev–Trinajstić information content (AvgIpc) is 3.29. The molecule has 1 saturated carbocycles. The van der Waals surface area contributed by atoms with Gasteiger partial charge in [0.25, 0.3) is 5.16 Å². The number of para-hydroxylation sites is 1. The van der Waals surface area contributed by atoms with Gasteiger partial charge in [0.1, 0.15) is 6.10 Å². The van der Waals surface area contributed by atoms with Crippen LogP contribution in [0.15, 0.2) is 35.5 Å². The van der Waals surface area contributed by atoms with E-state index in [1.165, 1.54) is 4.68 Å². The largest absolute Gasteiger partial charge is 0.343 e. The summed E-state index contributed by atoms with van der Waals surface area (Å²) < 4.78 is 39.6. The van der Waals surface area contributed by atoms with Crippen LogP contribution in [-0.2, 0) is 19.3 Å². The standard InChI is InChI=1S/C17H22N4O4S/c1-16(2)14(24-17(25-16)10-6-7-11-17)12-26(22,23)15-18-19-20-21(15)13-8-4-3-5-9-13/h3-5,8-9,14H,6-7,10-12H2,1-2H3/t14-/m1/s1. The van der Waals surface area contributed by atoms with E-state index in [0.29, 0.717) is 5.69 Å². The molecule has 8 nitrogen and oxygen atoms in total. The van der Waals surface area contributed by atoms with E-state index in [2.05, 4.69) is 15.5 Å². The maximum Gasteiger partial charge on any atom is 0.272 e. The van der Waals surface area contributed by atoms with Crippen LogP contribution in [-0.4, -0.2) is 51.9 Å². The Balaban J connectivity index is 1.62. The number of sulfone groups is 1. The topological polar surface area (TPSA) is 96.2 Å². The van der Waals surface area contributed by atoms with Crippen LogP contribution in [0.25, 0.3) is 5.69 Å². The van der Waals surface area contributed by atoms with E-state index >= 15 is 0 Å². The summed E-state index contributed by atoms with van der Waals surface area (Å²) in [6.45, 7) is 3.75. The first-order valence-electron chi connectivity index (χ1n) is 8.76. The molecule has 0 radical (unpaired) electrons. The smallest absolute Gasteiger partial charge is 0.272 e. The van der Waals surface area contributed by atoms with Crippen molar-refractivity contribution in [2.24, 2.45) is 0 Å². The second-order valence-corrected chi connectivity index (χ2v) is 9.35. The number of hydrogen-bond acceptors (Lipinski definition) is 7. The van der Waals surface area contributed by atoms with Crippen molar-refractivity contribution in [1.29, 1.82) is 0 Å². The fourth-order valence-corrected chi connectivity index (χ4v) is 5.30. The van der Waals surface area contributed by atoms with Crippen molar-refractivity contribution < 1.29 is 17.9 Å². The first-order chi connectivity index (χ1) is 12.3. The Morgan fingerprint density at radius 3 is 2.58 bits per heavy atom. The monoisotopic (exact) mass is 378 g/mol. The van der Waals surface area contributed by atoms with E-state index < -0.39 is 27.3 Å².